The summed E-state index contributed by atoms with van der Waals surface area (Å²) >= 11 is 0. The van der Waals surface area contributed by atoms with Crippen LogP contribution in [0, 0.1) is 29.4 Å². The van der Waals surface area contributed by atoms with Crippen LogP contribution in [0.15, 0.2) is 0 Å². The van der Waals surface area contributed by atoms with Crippen molar-refractivity contribution in [3.63, 3.8) is 0 Å². The highest BCUT2D eigenvalue weighted by Gasteiger charge is 2.32. The Kier molecular flexibility index (Phi) is 3.93. The standard InChI is InChI=1S/C12H14F4N2O/c1-6-3-4-18(5-7(6)19-2)10-8(13)11(15)17-12(16)9(10)14/h6-7H,3-5H2,1-2H3. The number of rotatable bonds is 2. The summed E-state index contributed by atoms with van der Waals surface area (Å²) in [5, 5.41) is 0. The highest BCUT2D eigenvalue weighted by molar-refractivity contribution is 5.49. The molecule has 2 unspecified atom stereocenters. The lowest BCUT2D eigenvalue weighted by Crippen LogP contribution is -2.44. The second-order valence-electron chi connectivity index (χ2n) is 4.66. The van der Waals surface area contributed by atoms with Crippen LogP contribution in [0.1, 0.15) is 13.3 Å². The van der Waals surface area contributed by atoms with Crippen molar-refractivity contribution in [3.05, 3.63) is 23.5 Å². The van der Waals surface area contributed by atoms with Gasteiger partial charge in [-0.1, -0.05) is 6.92 Å². The lowest BCUT2D eigenvalue weighted by atomic mass is 9.95. The molecule has 2 heterocycles. The number of hydrogen-bond donors (Lipinski definition) is 0. The van der Waals surface area contributed by atoms with E-state index in [1.165, 1.54) is 12.0 Å². The number of piperidine rings is 1. The van der Waals surface area contributed by atoms with Gasteiger partial charge in [0.2, 0.25) is 11.6 Å². The van der Waals surface area contributed by atoms with E-state index in [2.05, 4.69) is 4.98 Å². The maximum absolute atomic E-state index is 13.6. The highest BCUT2D eigenvalue weighted by Crippen LogP contribution is 2.30. The third kappa shape index (κ3) is 2.51. The number of hydrogen-bond acceptors (Lipinski definition) is 3. The van der Waals surface area contributed by atoms with Crippen LogP contribution in [-0.4, -0.2) is 31.3 Å². The number of methoxy groups -OCH3 is 1. The third-order valence-corrected chi connectivity index (χ3v) is 3.48. The summed E-state index contributed by atoms with van der Waals surface area (Å²) < 4.78 is 58.6. The lowest BCUT2D eigenvalue weighted by molar-refractivity contribution is 0.0494. The van der Waals surface area contributed by atoms with Crippen LogP contribution >= 0.6 is 0 Å². The molecule has 2 atom stereocenters. The lowest BCUT2D eigenvalue weighted by Gasteiger charge is -2.37. The molecule has 0 N–H and O–H groups in total. The first-order chi connectivity index (χ1) is 8.95. The van der Waals surface area contributed by atoms with E-state index in [9.17, 15) is 17.6 Å². The van der Waals surface area contributed by atoms with Gasteiger partial charge in [0, 0.05) is 20.2 Å². The smallest absolute Gasteiger partial charge is 0.253 e. The van der Waals surface area contributed by atoms with Crippen LogP contribution in [-0.2, 0) is 4.74 Å². The zero-order valence-corrected chi connectivity index (χ0v) is 10.6. The zero-order valence-electron chi connectivity index (χ0n) is 10.6. The van der Waals surface area contributed by atoms with E-state index >= 15 is 0 Å². The van der Waals surface area contributed by atoms with Crippen molar-refractivity contribution in [2.45, 2.75) is 19.4 Å². The minimum absolute atomic E-state index is 0.175. The molecule has 1 aliphatic rings. The maximum atomic E-state index is 13.6. The van der Waals surface area contributed by atoms with Crippen LogP contribution < -0.4 is 4.90 Å². The summed E-state index contributed by atoms with van der Waals surface area (Å²) in [5.41, 5.74) is -0.709. The van der Waals surface area contributed by atoms with E-state index in [0.29, 0.717) is 13.0 Å². The summed E-state index contributed by atoms with van der Waals surface area (Å²) in [6.45, 7) is 2.43. The molecule has 3 nitrogen and oxygen atoms in total. The van der Waals surface area contributed by atoms with Gasteiger partial charge in [-0.2, -0.15) is 22.5 Å². The second-order valence-corrected chi connectivity index (χ2v) is 4.66. The average Bonchev–Trinajstić information content (AvgIpc) is 2.38. The van der Waals surface area contributed by atoms with E-state index in [4.69, 9.17) is 4.74 Å². The van der Waals surface area contributed by atoms with Crippen molar-refractivity contribution in [1.82, 2.24) is 4.98 Å². The van der Waals surface area contributed by atoms with Gasteiger partial charge in [0.1, 0.15) is 5.69 Å². The molecule has 0 aliphatic carbocycles. The number of halogens is 4. The predicted molar refractivity (Wildman–Crippen MR) is 60.9 cm³/mol. The minimum Gasteiger partial charge on any atom is -0.379 e. The minimum atomic E-state index is -1.64. The van der Waals surface area contributed by atoms with Crippen LogP contribution in [0.2, 0.25) is 0 Å². The van der Waals surface area contributed by atoms with Gasteiger partial charge in [-0.15, -0.1) is 0 Å². The number of ether oxygens (including phenoxy) is 1. The molecule has 1 fully saturated rings. The van der Waals surface area contributed by atoms with Crippen LogP contribution in [0.3, 0.4) is 0 Å². The maximum Gasteiger partial charge on any atom is 0.253 e. The molecule has 1 aliphatic heterocycles. The van der Waals surface area contributed by atoms with Crippen molar-refractivity contribution >= 4 is 5.69 Å². The Bertz CT molecular complexity index is 457. The Balaban J connectivity index is 2.37. The fourth-order valence-corrected chi connectivity index (χ4v) is 2.30. The molecule has 19 heavy (non-hydrogen) atoms. The third-order valence-electron chi connectivity index (χ3n) is 3.48. The summed E-state index contributed by atoms with van der Waals surface area (Å²) in [6.07, 6.45) is 0.370. The fraction of sp³-hybridized carbons (Fsp3) is 0.583. The molecule has 0 bridgehead atoms. The first-order valence-corrected chi connectivity index (χ1v) is 5.93. The topological polar surface area (TPSA) is 25.4 Å². The molecule has 0 radical (unpaired) electrons. The Labute approximate surface area is 108 Å². The molecule has 0 aromatic carbocycles. The van der Waals surface area contributed by atoms with Gasteiger partial charge in [0.15, 0.2) is 0 Å². The van der Waals surface area contributed by atoms with E-state index in [-0.39, 0.29) is 18.6 Å². The first-order valence-electron chi connectivity index (χ1n) is 5.93. The molecule has 0 amide bonds. The molecule has 7 heteroatoms. The molecular weight excluding hydrogens is 264 g/mol. The SMILES string of the molecule is COC1CN(c2c(F)c(F)nc(F)c2F)CCC1C. The Morgan fingerprint density at radius 3 is 2.26 bits per heavy atom. The van der Waals surface area contributed by atoms with Gasteiger partial charge in [-0.3, -0.25) is 0 Å². The average molecular weight is 278 g/mol. The van der Waals surface area contributed by atoms with Gasteiger partial charge in [0.05, 0.1) is 6.10 Å². The summed E-state index contributed by atoms with van der Waals surface area (Å²) in [7, 11) is 1.49. The molecule has 106 valence electrons. The zero-order chi connectivity index (χ0) is 14.2. The van der Waals surface area contributed by atoms with Crippen LogP contribution in [0.4, 0.5) is 23.2 Å². The Hall–Kier alpha value is -1.37. The van der Waals surface area contributed by atoms with Gasteiger partial charge < -0.3 is 9.64 Å². The fourth-order valence-electron chi connectivity index (χ4n) is 2.30. The molecule has 1 saturated heterocycles. The molecule has 0 saturated carbocycles. The Morgan fingerprint density at radius 2 is 1.74 bits per heavy atom. The quantitative estimate of drug-likeness (QED) is 0.614. The predicted octanol–water partition coefficient (Wildman–Crippen LogP) is 2.50. The molecule has 1 aromatic rings. The van der Waals surface area contributed by atoms with Crippen molar-refractivity contribution in [3.8, 4) is 0 Å². The summed E-state index contributed by atoms with van der Waals surface area (Å²) in [6, 6.07) is 0. The van der Waals surface area contributed by atoms with E-state index < -0.39 is 29.2 Å². The van der Waals surface area contributed by atoms with Crippen molar-refractivity contribution in [2.75, 3.05) is 25.1 Å². The number of pyridine rings is 1. The van der Waals surface area contributed by atoms with Crippen molar-refractivity contribution in [2.24, 2.45) is 5.92 Å². The second kappa shape index (κ2) is 5.32. The van der Waals surface area contributed by atoms with E-state index in [0.717, 1.165) is 0 Å². The normalized spacial score (nSPS) is 23.8. The molecular formula is C12H14F4N2O. The van der Waals surface area contributed by atoms with Crippen molar-refractivity contribution < 1.29 is 22.3 Å². The number of aromatic nitrogens is 1. The van der Waals surface area contributed by atoms with Gasteiger partial charge >= 0.3 is 0 Å². The summed E-state index contributed by atoms with van der Waals surface area (Å²) in [4.78, 5) is 3.80. The number of nitrogens with zero attached hydrogens (tertiary/aromatic N) is 2. The Morgan fingerprint density at radius 1 is 1.16 bits per heavy atom. The van der Waals surface area contributed by atoms with E-state index in [1.807, 2.05) is 6.92 Å². The monoisotopic (exact) mass is 278 g/mol. The first kappa shape index (κ1) is 14.0. The van der Waals surface area contributed by atoms with Crippen LogP contribution in [0.5, 0.6) is 0 Å². The van der Waals surface area contributed by atoms with Gasteiger partial charge in [0.25, 0.3) is 11.9 Å². The van der Waals surface area contributed by atoms with E-state index in [1.54, 1.807) is 0 Å². The van der Waals surface area contributed by atoms with Crippen LogP contribution in [0.25, 0.3) is 0 Å². The molecule has 0 spiro atoms. The van der Waals surface area contributed by atoms with Gasteiger partial charge in [-0.05, 0) is 12.3 Å². The molecule has 1 aromatic heterocycles. The van der Waals surface area contributed by atoms with Gasteiger partial charge in [-0.25, -0.2) is 0 Å². The van der Waals surface area contributed by atoms with Crippen molar-refractivity contribution in [1.29, 1.82) is 0 Å². The largest absolute Gasteiger partial charge is 0.379 e. The molecule has 2 rings (SSSR count). The highest BCUT2D eigenvalue weighted by atomic mass is 19.2. The summed E-state index contributed by atoms with van der Waals surface area (Å²) in [5.74, 6) is -6.00. The number of anilines is 1.